The molecule has 0 radical (unpaired) electrons. The molecule has 238 valence electrons. The number of hydrogen-bond donors (Lipinski definition) is 4. The van der Waals surface area contributed by atoms with Gasteiger partial charge in [-0.2, -0.15) is 0 Å². The summed E-state index contributed by atoms with van der Waals surface area (Å²) in [6.07, 6.45) is 4.76. The number of nitrogens with one attached hydrogen (secondary N) is 3. The molecule has 1 heterocycles. The number of ether oxygens (including phenoxy) is 1. The zero-order valence-corrected chi connectivity index (χ0v) is 26.6. The summed E-state index contributed by atoms with van der Waals surface area (Å²) in [7, 11) is 1.27. The number of benzene rings is 1. The predicted molar refractivity (Wildman–Crippen MR) is 166 cm³/mol. The van der Waals surface area contributed by atoms with E-state index in [0.29, 0.717) is 31.5 Å². The number of carbonyl (C=O) groups is 4. The number of carbonyl (C=O) groups excluding carboxylic acids is 4. The Morgan fingerprint density at radius 1 is 0.791 bits per heavy atom. The van der Waals surface area contributed by atoms with E-state index in [1.165, 1.54) is 7.11 Å². The van der Waals surface area contributed by atoms with Crippen molar-refractivity contribution in [3.05, 3.63) is 54.1 Å². The molecular formula is C32H50N6O5. The monoisotopic (exact) mass is 598 g/mol. The highest BCUT2D eigenvalue weighted by molar-refractivity contribution is 5.94. The zero-order chi connectivity index (χ0) is 32.1. The van der Waals surface area contributed by atoms with Crippen LogP contribution in [0.15, 0.2) is 42.9 Å². The van der Waals surface area contributed by atoms with Crippen molar-refractivity contribution < 1.29 is 23.9 Å². The summed E-state index contributed by atoms with van der Waals surface area (Å²) in [6, 6.07) is 6.27. The number of nitrogens with two attached hydrogens (primary N) is 1. The number of hydrogen-bond acceptors (Lipinski definition) is 7. The fourth-order valence-electron chi connectivity index (χ4n) is 4.78. The fourth-order valence-corrected chi connectivity index (χ4v) is 4.78. The molecule has 1 aromatic heterocycles. The van der Waals surface area contributed by atoms with E-state index >= 15 is 0 Å². The minimum atomic E-state index is -1.07. The highest BCUT2D eigenvalue weighted by Gasteiger charge is 2.32. The Kier molecular flexibility index (Phi) is 14.4. The molecule has 0 aliphatic rings. The summed E-state index contributed by atoms with van der Waals surface area (Å²) in [5.41, 5.74) is 7.75. The van der Waals surface area contributed by atoms with Crippen LogP contribution in [0.5, 0.6) is 0 Å². The minimum Gasteiger partial charge on any atom is -0.467 e. The molecule has 5 N–H and O–H groups in total. The molecule has 2 rings (SSSR count). The van der Waals surface area contributed by atoms with E-state index in [0.717, 1.165) is 5.56 Å². The number of esters is 1. The molecule has 0 saturated heterocycles. The number of rotatable bonds is 17. The van der Waals surface area contributed by atoms with E-state index in [1.807, 2.05) is 82.6 Å². The van der Waals surface area contributed by atoms with Gasteiger partial charge in [-0.1, -0.05) is 71.9 Å². The van der Waals surface area contributed by atoms with Gasteiger partial charge in [-0.25, -0.2) is 9.78 Å². The van der Waals surface area contributed by atoms with E-state index in [2.05, 4.69) is 20.9 Å². The average Bonchev–Trinajstić information content (AvgIpc) is 3.37. The van der Waals surface area contributed by atoms with Crippen molar-refractivity contribution in [1.29, 1.82) is 0 Å². The van der Waals surface area contributed by atoms with Gasteiger partial charge in [-0.15, -0.1) is 0 Å². The number of amides is 3. The van der Waals surface area contributed by atoms with Crippen LogP contribution in [0.25, 0.3) is 0 Å². The normalized spacial score (nSPS) is 14.2. The van der Waals surface area contributed by atoms with Crippen LogP contribution in [-0.4, -0.2) is 64.5 Å². The van der Waals surface area contributed by atoms with Crippen molar-refractivity contribution in [3.8, 4) is 0 Å². The Morgan fingerprint density at radius 3 is 1.91 bits per heavy atom. The number of imidazole rings is 1. The lowest BCUT2D eigenvalue weighted by molar-refractivity contribution is -0.146. The number of methoxy groups -OCH3 is 1. The largest absolute Gasteiger partial charge is 0.467 e. The van der Waals surface area contributed by atoms with Crippen molar-refractivity contribution in [2.45, 2.75) is 97.9 Å². The molecule has 0 spiro atoms. The molecule has 1 aromatic carbocycles. The molecule has 0 aliphatic carbocycles. The predicted octanol–water partition coefficient (Wildman–Crippen LogP) is 2.57. The molecule has 3 amide bonds. The summed E-state index contributed by atoms with van der Waals surface area (Å²) in [6.45, 7) is 12.3. The third-order valence-electron chi connectivity index (χ3n) is 6.85. The summed E-state index contributed by atoms with van der Waals surface area (Å²) in [4.78, 5) is 57.0. The van der Waals surface area contributed by atoms with E-state index < -0.39 is 47.9 Å². The van der Waals surface area contributed by atoms with Crippen LogP contribution in [0.1, 0.15) is 72.1 Å². The first-order chi connectivity index (χ1) is 20.3. The van der Waals surface area contributed by atoms with E-state index in [-0.39, 0.29) is 24.2 Å². The molecule has 4 atom stereocenters. The molecular weight excluding hydrogens is 548 g/mol. The average molecular weight is 599 g/mol. The highest BCUT2D eigenvalue weighted by atomic mass is 16.5. The van der Waals surface area contributed by atoms with Crippen LogP contribution >= 0.6 is 0 Å². The van der Waals surface area contributed by atoms with E-state index in [9.17, 15) is 19.2 Å². The summed E-state index contributed by atoms with van der Waals surface area (Å²) < 4.78 is 6.81. The quantitative estimate of drug-likeness (QED) is 0.204. The van der Waals surface area contributed by atoms with Crippen molar-refractivity contribution >= 4 is 23.7 Å². The van der Waals surface area contributed by atoms with Crippen LogP contribution in [0.2, 0.25) is 0 Å². The maximum absolute atomic E-state index is 13.6. The molecule has 0 unspecified atom stereocenters. The molecule has 43 heavy (non-hydrogen) atoms. The van der Waals surface area contributed by atoms with Crippen LogP contribution < -0.4 is 21.7 Å². The first-order valence-electron chi connectivity index (χ1n) is 15.1. The second-order valence-electron chi connectivity index (χ2n) is 12.4. The molecule has 0 bridgehead atoms. The van der Waals surface area contributed by atoms with Crippen molar-refractivity contribution in [1.82, 2.24) is 25.5 Å². The fraction of sp³-hybridized carbons (Fsp3) is 0.594. The third kappa shape index (κ3) is 12.6. The Hall–Kier alpha value is -3.73. The van der Waals surface area contributed by atoms with Crippen molar-refractivity contribution in [3.63, 3.8) is 0 Å². The zero-order valence-electron chi connectivity index (χ0n) is 26.6. The molecule has 2 aromatic rings. The van der Waals surface area contributed by atoms with Gasteiger partial charge in [0, 0.05) is 19.2 Å². The molecule has 11 heteroatoms. The lowest BCUT2D eigenvalue weighted by Gasteiger charge is -2.26. The van der Waals surface area contributed by atoms with Gasteiger partial charge >= 0.3 is 5.97 Å². The standard InChI is InChI=1S/C32H50N6O5/c1-20(2)13-25(33)29(39)35-26(14-21(3)4)30(40)36-27(31(41)37-28(15-22(5)6)32(42)43-7)16-24-18-38(19-34-24)17-23-11-9-8-10-12-23/h8-12,18-22,25-28H,13-17,33H2,1-7H3,(H,35,39)(H,36,40)(H,37,41)/t25-,26+,27-,28-/m0/s1. The SMILES string of the molecule is COC(=O)[C@H](CC(C)C)NC(=O)[C@H](Cc1cn(Cc2ccccc2)cn1)NC(=O)[C@@H](CC(C)C)NC(=O)[C@@H](N)CC(C)C. The Balaban J connectivity index is 2.30. The topological polar surface area (TPSA) is 157 Å². The third-order valence-corrected chi connectivity index (χ3v) is 6.85. The van der Waals surface area contributed by atoms with E-state index in [4.69, 9.17) is 10.5 Å². The maximum atomic E-state index is 13.6. The lowest BCUT2D eigenvalue weighted by Crippen LogP contribution is -2.58. The highest BCUT2D eigenvalue weighted by Crippen LogP contribution is 2.12. The van der Waals surface area contributed by atoms with Gasteiger partial charge in [0.15, 0.2) is 0 Å². The minimum absolute atomic E-state index is 0.0736. The molecule has 0 saturated carbocycles. The van der Waals surface area contributed by atoms with Crippen LogP contribution in [0.3, 0.4) is 0 Å². The molecule has 0 fully saturated rings. The van der Waals surface area contributed by atoms with Crippen molar-refractivity contribution in [2.24, 2.45) is 23.5 Å². The Bertz CT molecular complexity index is 1180. The van der Waals surface area contributed by atoms with Gasteiger partial charge in [-0.3, -0.25) is 14.4 Å². The second kappa shape index (κ2) is 17.4. The lowest BCUT2D eigenvalue weighted by atomic mass is 9.99. The summed E-state index contributed by atoms with van der Waals surface area (Å²) in [5.74, 6) is -1.66. The second-order valence-corrected chi connectivity index (χ2v) is 12.4. The first kappa shape index (κ1) is 35.5. The van der Waals surface area contributed by atoms with Gasteiger partial charge in [0.2, 0.25) is 17.7 Å². The van der Waals surface area contributed by atoms with Gasteiger partial charge < -0.3 is 31.0 Å². The first-order valence-corrected chi connectivity index (χ1v) is 15.1. The Labute approximate surface area is 255 Å². The summed E-state index contributed by atoms with van der Waals surface area (Å²) in [5, 5.41) is 8.37. The number of aromatic nitrogens is 2. The van der Waals surface area contributed by atoms with Gasteiger partial charge in [-0.05, 0) is 42.6 Å². The number of nitrogens with zero attached hydrogens (tertiary/aromatic N) is 2. The Morgan fingerprint density at radius 2 is 1.33 bits per heavy atom. The van der Waals surface area contributed by atoms with E-state index in [1.54, 1.807) is 6.33 Å². The maximum Gasteiger partial charge on any atom is 0.328 e. The van der Waals surface area contributed by atoms with Crippen LogP contribution in [-0.2, 0) is 36.9 Å². The van der Waals surface area contributed by atoms with Crippen LogP contribution in [0.4, 0.5) is 0 Å². The van der Waals surface area contributed by atoms with Crippen molar-refractivity contribution in [2.75, 3.05) is 7.11 Å². The van der Waals surface area contributed by atoms with Gasteiger partial charge in [0.05, 0.1) is 25.2 Å². The molecule has 0 aliphatic heterocycles. The smallest absolute Gasteiger partial charge is 0.328 e. The summed E-state index contributed by atoms with van der Waals surface area (Å²) >= 11 is 0. The van der Waals surface area contributed by atoms with Gasteiger partial charge in [0.25, 0.3) is 0 Å². The molecule has 11 nitrogen and oxygen atoms in total. The van der Waals surface area contributed by atoms with Gasteiger partial charge in [0.1, 0.15) is 18.1 Å². The van der Waals surface area contributed by atoms with Crippen LogP contribution in [0, 0.1) is 17.8 Å².